The van der Waals surface area contributed by atoms with Crippen molar-refractivity contribution in [3.05, 3.63) is 265 Å². The molecule has 0 saturated heterocycles. The molecule has 0 radical (unpaired) electrons. The van der Waals surface area contributed by atoms with Gasteiger partial charge in [-0.1, -0.05) is 182 Å². The molecule has 0 N–H and O–H groups in total. The van der Waals surface area contributed by atoms with Crippen molar-refractivity contribution in [1.82, 2.24) is 4.98 Å². The molecule has 0 atom stereocenters. The fraction of sp³-hybridized carbons (Fsp3) is 0.0156. The number of nitrogens with zero attached hydrogens (tertiary/aromatic N) is 2. The van der Waals surface area contributed by atoms with E-state index in [9.17, 15) is 0 Å². The number of para-hydroxylation sites is 2. The van der Waals surface area contributed by atoms with E-state index in [1.165, 1.54) is 64.3 Å². The van der Waals surface area contributed by atoms with Crippen LogP contribution in [0.25, 0.3) is 86.3 Å². The Balaban J connectivity index is 0.995. The zero-order valence-electron chi connectivity index (χ0n) is 36.8. The molecule has 13 aromatic rings. The molecule has 68 heavy (non-hydrogen) atoms. The maximum absolute atomic E-state index is 6.54. The van der Waals surface area contributed by atoms with Gasteiger partial charge in [-0.05, 0) is 98.9 Å². The first-order valence-electron chi connectivity index (χ1n) is 23.2. The first-order valence-corrected chi connectivity index (χ1v) is 24.0. The summed E-state index contributed by atoms with van der Waals surface area (Å²) >= 11 is 1.88. The van der Waals surface area contributed by atoms with E-state index in [-0.39, 0.29) is 0 Å². The van der Waals surface area contributed by atoms with Crippen molar-refractivity contribution < 1.29 is 4.42 Å². The molecule has 0 aliphatic heterocycles. The van der Waals surface area contributed by atoms with Crippen molar-refractivity contribution in [2.24, 2.45) is 0 Å². The maximum atomic E-state index is 6.54. The van der Waals surface area contributed by atoms with Gasteiger partial charge in [0.15, 0.2) is 0 Å². The minimum absolute atomic E-state index is 0.653. The van der Waals surface area contributed by atoms with Gasteiger partial charge in [0.05, 0.1) is 16.8 Å². The average Bonchev–Trinajstić information content (AvgIpc) is 4.08. The standard InChI is InChI=1S/C64H40N2OS/c1-2-21-50-46(18-1)47(54-26-15-27-55-52-23-6-10-31-60(52)68-63(54)55)37-38-58(50)66(43-35-33-41(34-36-43)45-24-14-25-53-51-22-5-9-30-59(51)67-62(45)53)44-17-13-16-42(40-44)64(61-32-11-12-39-65-61)56-28-7-3-19-48(56)49-20-4-8-29-57(49)64/h1-40H. The van der Waals surface area contributed by atoms with Gasteiger partial charge < -0.3 is 9.32 Å². The van der Waals surface area contributed by atoms with Gasteiger partial charge in [-0.15, -0.1) is 11.3 Å². The van der Waals surface area contributed by atoms with E-state index in [0.29, 0.717) is 0 Å². The van der Waals surface area contributed by atoms with Crippen molar-refractivity contribution >= 4 is 81.3 Å². The highest BCUT2D eigenvalue weighted by atomic mass is 32.1. The quantitative estimate of drug-likeness (QED) is 0.160. The lowest BCUT2D eigenvalue weighted by atomic mass is 9.69. The Labute approximate surface area is 397 Å². The van der Waals surface area contributed by atoms with Gasteiger partial charge in [0, 0.05) is 65.0 Å². The van der Waals surface area contributed by atoms with Crippen LogP contribution in [0, 0.1) is 0 Å². The third kappa shape index (κ3) is 5.68. The number of furan rings is 1. The molecule has 0 unspecified atom stereocenters. The third-order valence-electron chi connectivity index (χ3n) is 14.2. The molecule has 318 valence electrons. The molecule has 0 saturated carbocycles. The third-order valence-corrected chi connectivity index (χ3v) is 15.4. The molecule has 14 rings (SSSR count). The topological polar surface area (TPSA) is 29.3 Å². The van der Waals surface area contributed by atoms with Gasteiger partial charge in [-0.25, -0.2) is 0 Å². The van der Waals surface area contributed by atoms with Crippen LogP contribution in [-0.4, -0.2) is 4.98 Å². The summed E-state index contributed by atoms with van der Waals surface area (Å²) in [5.74, 6) is 0. The second kappa shape index (κ2) is 15.2. The van der Waals surface area contributed by atoms with Crippen LogP contribution in [0.1, 0.15) is 22.4 Å². The van der Waals surface area contributed by atoms with E-state index in [4.69, 9.17) is 9.40 Å². The van der Waals surface area contributed by atoms with E-state index >= 15 is 0 Å². The Bertz CT molecular complexity index is 4060. The van der Waals surface area contributed by atoms with E-state index < -0.39 is 5.41 Å². The van der Waals surface area contributed by atoms with E-state index in [1.807, 2.05) is 35.7 Å². The lowest BCUT2D eigenvalue weighted by Gasteiger charge is -2.34. The summed E-state index contributed by atoms with van der Waals surface area (Å²) in [6.45, 7) is 0. The highest BCUT2D eigenvalue weighted by Gasteiger charge is 2.47. The number of hydrogen-bond donors (Lipinski definition) is 0. The number of aromatic nitrogens is 1. The Morgan fingerprint density at radius 2 is 1.04 bits per heavy atom. The first-order chi connectivity index (χ1) is 33.7. The molecule has 0 fully saturated rings. The van der Waals surface area contributed by atoms with Gasteiger partial charge >= 0.3 is 0 Å². The predicted molar refractivity (Wildman–Crippen MR) is 285 cm³/mol. The highest BCUT2D eigenvalue weighted by molar-refractivity contribution is 7.26. The molecular formula is C64H40N2OS. The Kier molecular flexibility index (Phi) is 8.67. The number of rotatable bonds is 7. The molecule has 1 aliphatic rings. The monoisotopic (exact) mass is 884 g/mol. The summed E-state index contributed by atoms with van der Waals surface area (Å²) < 4.78 is 9.15. The second-order valence-electron chi connectivity index (χ2n) is 17.7. The van der Waals surface area contributed by atoms with Gasteiger partial charge in [0.25, 0.3) is 0 Å². The van der Waals surface area contributed by atoms with E-state index in [2.05, 4.69) is 223 Å². The summed E-state index contributed by atoms with van der Waals surface area (Å²) in [5.41, 5.74) is 16.1. The normalized spacial score (nSPS) is 12.8. The summed E-state index contributed by atoms with van der Waals surface area (Å²) in [5, 5.41) is 7.22. The van der Waals surface area contributed by atoms with Crippen LogP contribution < -0.4 is 4.90 Å². The summed E-state index contributed by atoms with van der Waals surface area (Å²) in [6.07, 6.45) is 1.93. The fourth-order valence-electron chi connectivity index (χ4n) is 11.3. The van der Waals surface area contributed by atoms with Crippen molar-refractivity contribution in [2.75, 3.05) is 4.90 Å². The van der Waals surface area contributed by atoms with Crippen molar-refractivity contribution in [3.8, 4) is 33.4 Å². The zero-order chi connectivity index (χ0) is 44.8. The van der Waals surface area contributed by atoms with Crippen molar-refractivity contribution in [3.63, 3.8) is 0 Å². The lowest BCUT2D eigenvalue weighted by molar-refractivity contribution is 0.670. The van der Waals surface area contributed by atoms with Crippen LogP contribution in [0.2, 0.25) is 0 Å². The number of anilines is 3. The van der Waals surface area contributed by atoms with Crippen molar-refractivity contribution in [1.29, 1.82) is 0 Å². The molecule has 1 aliphatic carbocycles. The van der Waals surface area contributed by atoms with Crippen LogP contribution in [-0.2, 0) is 5.41 Å². The van der Waals surface area contributed by atoms with E-state index in [1.54, 1.807) is 0 Å². The number of thiophene rings is 1. The average molecular weight is 885 g/mol. The summed E-state index contributed by atoms with van der Waals surface area (Å²) in [6, 6.07) is 86.1. The highest BCUT2D eigenvalue weighted by Crippen LogP contribution is 2.56. The molecule has 10 aromatic carbocycles. The first kappa shape index (κ1) is 38.7. The van der Waals surface area contributed by atoms with Crippen molar-refractivity contribution in [2.45, 2.75) is 5.41 Å². The Hall–Kier alpha value is -8.57. The van der Waals surface area contributed by atoms with Gasteiger partial charge in [0.1, 0.15) is 11.2 Å². The second-order valence-corrected chi connectivity index (χ2v) is 18.8. The molecule has 0 spiro atoms. The number of fused-ring (bicyclic) bond motifs is 10. The Morgan fingerprint density at radius 3 is 1.84 bits per heavy atom. The Morgan fingerprint density at radius 1 is 0.412 bits per heavy atom. The van der Waals surface area contributed by atoms with Crippen LogP contribution in [0.15, 0.2) is 247 Å². The smallest absolute Gasteiger partial charge is 0.143 e. The summed E-state index contributed by atoms with van der Waals surface area (Å²) in [7, 11) is 0. The van der Waals surface area contributed by atoms with Crippen LogP contribution in [0.3, 0.4) is 0 Å². The SMILES string of the molecule is c1ccc(C2(c3cccc(N(c4ccc(-c5cccc6c5oc5ccccc56)cc4)c4ccc(-c5cccc6c5sc5ccccc56)c5ccccc45)c3)c3ccccc3-c3ccccc32)nc1. The molecule has 3 aromatic heterocycles. The lowest BCUT2D eigenvalue weighted by Crippen LogP contribution is -2.30. The molecule has 4 heteroatoms. The fourth-order valence-corrected chi connectivity index (χ4v) is 12.5. The van der Waals surface area contributed by atoms with Gasteiger partial charge in [-0.3, -0.25) is 4.98 Å². The molecular weight excluding hydrogens is 845 g/mol. The molecule has 3 nitrogen and oxygen atoms in total. The van der Waals surface area contributed by atoms with Crippen LogP contribution in [0.4, 0.5) is 17.1 Å². The molecule has 0 amide bonds. The number of benzene rings is 10. The summed E-state index contributed by atoms with van der Waals surface area (Å²) in [4.78, 5) is 7.61. The van der Waals surface area contributed by atoms with Gasteiger partial charge in [-0.2, -0.15) is 0 Å². The van der Waals surface area contributed by atoms with Crippen LogP contribution in [0.5, 0.6) is 0 Å². The minimum Gasteiger partial charge on any atom is -0.455 e. The number of pyridine rings is 1. The molecule has 3 heterocycles. The minimum atomic E-state index is -0.653. The molecule has 0 bridgehead atoms. The zero-order valence-corrected chi connectivity index (χ0v) is 37.6. The number of hydrogen-bond acceptors (Lipinski definition) is 4. The van der Waals surface area contributed by atoms with Gasteiger partial charge in [0.2, 0.25) is 0 Å². The van der Waals surface area contributed by atoms with E-state index in [0.717, 1.165) is 61.4 Å². The maximum Gasteiger partial charge on any atom is 0.143 e. The predicted octanol–water partition coefficient (Wildman–Crippen LogP) is 17.7. The largest absolute Gasteiger partial charge is 0.455 e. The van der Waals surface area contributed by atoms with Crippen LogP contribution >= 0.6 is 11.3 Å².